The molecular weight excluding hydrogens is 200 g/mol. The van der Waals surface area contributed by atoms with Crippen molar-refractivity contribution in [3.05, 3.63) is 24.3 Å². The van der Waals surface area contributed by atoms with Gasteiger partial charge in [-0.05, 0) is 0 Å². The summed E-state index contributed by atoms with van der Waals surface area (Å²) in [5.41, 5.74) is 0. The van der Waals surface area contributed by atoms with Crippen LogP contribution in [0.5, 0.6) is 0 Å². The summed E-state index contributed by atoms with van der Waals surface area (Å²) >= 11 is 0. The first kappa shape index (κ1) is 10.8. The third-order valence-corrected chi connectivity index (χ3v) is 1.87. The Hall–Kier alpha value is -0.720. The van der Waals surface area contributed by atoms with Crippen molar-refractivity contribution in [2.24, 2.45) is 0 Å². The summed E-state index contributed by atoms with van der Waals surface area (Å²) in [6.07, 6.45) is 7.50. The molecule has 5 heteroatoms. The van der Waals surface area contributed by atoms with Crippen LogP contribution in [0, 0.1) is 0 Å². The smallest absolute Gasteiger partial charge is 0.276 e. The zero-order chi connectivity index (χ0) is 10.3. The molecule has 2 aliphatic heterocycles. The Balaban J connectivity index is 1.75. The van der Waals surface area contributed by atoms with Gasteiger partial charge in [0.05, 0.1) is 26.4 Å². The van der Waals surface area contributed by atoms with Gasteiger partial charge >= 0.3 is 0 Å². The maximum absolute atomic E-state index is 5.32. The molecule has 0 spiro atoms. The van der Waals surface area contributed by atoms with Crippen molar-refractivity contribution in [2.75, 3.05) is 26.4 Å². The Morgan fingerprint density at radius 2 is 1.00 bits per heavy atom. The number of rotatable bonds is 2. The van der Waals surface area contributed by atoms with Crippen LogP contribution in [0.2, 0.25) is 0 Å². The van der Waals surface area contributed by atoms with E-state index < -0.39 is 13.0 Å². The van der Waals surface area contributed by atoms with Crippen LogP contribution >= 0.6 is 0 Å². The molecule has 0 aromatic rings. The van der Waals surface area contributed by atoms with Gasteiger partial charge in [0.15, 0.2) is 0 Å². The van der Waals surface area contributed by atoms with E-state index in [1.165, 1.54) is 0 Å². The van der Waals surface area contributed by atoms with Crippen LogP contribution in [-0.4, -0.2) is 39.4 Å². The van der Waals surface area contributed by atoms with Crippen LogP contribution in [-0.2, 0) is 23.7 Å². The molecule has 0 bridgehead atoms. The van der Waals surface area contributed by atoms with E-state index in [1.807, 2.05) is 24.3 Å². The molecule has 0 aromatic heterocycles. The fourth-order valence-electron chi connectivity index (χ4n) is 1.15. The molecule has 0 radical (unpaired) electrons. The lowest BCUT2D eigenvalue weighted by Gasteiger charge is -2.21. The molecule has 0 unspecified atom stereocenters. The predicted molar refractivity (Wildman–Crippen MR) is 50.7 cm³/mol. The predicted octanol–water partition coefficient (Wildman–Crippen LogP) is 0.776. The van der Waals surface area contributed by atoms with Gasteiger partial charge in [-0.1, -0.05) is 24.3 Å². The highest BCUT2D eigenvalue weighted by atomic mass is 16.9. The second-order valence-electron chi connectivity index (χ2n) is 2.99. The van der Waals surface area contributed by atoms with Crippen molar-refractivity contribution in [3.63, 3.8) is 0 Å². The van der Waals surface area contributed by atoms with Gasteiger partial charge in [0.2, 0.25) is 0 Å². The van der Waals surface area contributed by atoms with Gasteiger partial charge in [-0.15, -0.1) is 0 Å². The number of hydrogen-bond donors (Lipinski definition) is 0. The molecule has 0 aromatic carbocycles. The van der Waals surface area contributed by atoms with E-state index in [9.17, 15) is 0 Å². The molecular formula is C10H14O5. The summed E-state index contributed by atoms with van der Waals surface area (Å²) in [7, 11) is 0. The fraction of sp³-hybridized carbons (Fsp3) is 0.600. The van der Waals surface area contributed by atoms with E-state index in [0.29, 0.717) is 26.4 Å². The zero-order valence-corrected chi connectivity index (χ0v) is 8.33. The molecule has 84 valence electrons. The number of hydrogen-bond acceptors (Lipinski definition) is 5. The van der Waals surface area contributed by atoms with Gasteiger partial charge in [0, 0.05) is 0 Å². The van der Waals surface area contributed by atoms with Crippen molar-refractivity contribution >= 4 is 0 Å². The molecule has 0 saturated heterocycles. The highest BCUT2D eigenvalue weighted by Crippen LogP contribution is 2.09. The Labute approximate surface area is 88.2 Å². The fourth-order valence-corrected chi connectivity index (χ4v) is 1.15. The van der Waals surface area contributed by atoms with Crippen LogP contribution in [0.15, 0.2) is 24.3 Å². The molecule has 2 rings (SSSR count). The van der Waals surface area contributed by atoms with Gasteiger partial charge in [0.25, 0.3) is 13.0 Å². The van der Waals surface area contributed by atoms with Crippen molar-refractivity contribution in [1.29, 1.82) is 0 Å². The van der Waals surface area contributed by atoms with Crippen LogP contribution < -0.4 is 0 Å². The normalized spacial score (nSPS) is 25.1. The lowest BCUT2D eigenvalue weighted by molar-refractivity contribution is -0.388. The maximum atomic E-state index is 5.32. The second kappa shape index (κ2) is 5.99. The van der Waals surface area contributed by atoms with Gasteiger partial charge in [-0.2, -0.15) is 0 Å². The van der Waals surface area contributed by atoms with Crippen LogP contribution in [0.3, 0.4) is 0 Å². The quantitative estimate of drug-likeness (QED) is 0.635. The van der Waals surface area contributed by atoms with Gasteiger partial charge < -0.3 is 18.9 Å². The summed E-state index contributed by atoms with van der Waals surface area (Å²) in [5.74, 6) is 0. The lowest BCUT2D eigenvalue weighted by atomic mass is 10.5. The maximum Gasteiger partial charge on any atom is 0.276 e. The highest BCUT2D eigenvalue weighted by Gasteiger charge is 2.19. The monoisotopic (exact) mass is 214 g/mol. The minimum Gasteiger partial charge on any atom is -0.326 e. The first-order chi connectivity index (χ1) is 7.45. The van der Waals surface area contributed by atoms with E-state index in [4.69, 9.17) is 23.7 Å². The third kappa shape index (κ3) is 3.73. The van der Waals surface area contributed by atoms with Crippen molar-refractivity contribution in [2.45, 2.75) is 13.0 Å². The molecule has 0 atom stereocenters. The zero-order valence-electron chi connectivity index (χ0n) is 8.33. The summed E-state index contributed by atoms with van der Waals surface area (Å²) in [6, 6.07) is 0. The van der Waals surface area contributed by atoms with Crippen molar-refractivity contribution < 1.29 is 23.7 Å². The minimum absolute atomic E-state index is 0.468. The van der Waals surface area contributed by atoms with E-state index in [1.54, 1.807) is 0 Å². The van der Waals surface area contributed by atoms with Crippen molar-refractivity contribution in [1.82, 2.24) is 0 Å². The first-order valence-electron chi connectivity index (χ1n) is 4.87. The van der Waals surface area contributed by atoms with E-state index in [2.05, 4.69) is 0 Å². The molecule has 2 aliphatic rings. The SMILES string of the molecule is C1=CCOC(OC2OCC=CCO2)OC1. The molecule has 0 amide bonds. The average Bonchev–Trinajstić information content (AvgIpc) is 2.63. The average molecular weight is 214 g/mol. The van der Waals surface area contributed by atoms with E-state index in [-0.39, 0.29) is 0 Å². The Kier molecular flexibility index (Phi) is 4.31. The lowest BCUT2D eigenvalue weighted by Crippen LogP contribution is -2.30. The number of ether oxygens (including phenoxy) is 5. The van der Waals surface area contributed by atoms with Gasteiger partial charge in [-0.25, -0.2) is 0 Å². The molecule has 0 N–H and O–H groups in total. The summed E-state index contributed by atoms with van der Waals surface area (Å²) in [6.45, 7) is 0.405. The standard InChI is InChI=1S/C10H14O5/c1-2-6-12-9(11-5-1)15-10-13-7-3-4-8-14-10/h1-4,9-10H,5-8H2. The highest BCUT2D eigenvalue weighted by molar-refractivity contribution is 4.83. The Morgan fingerprint density at radius 3 is 1.33 bits per heavy atom. The molecule has 0 fully saturated rings. The molecule has 5 nitrogen and oxygen atoms in total. The molecule has 0 saturated carbocycles. The van der Waals surface area contributed by atoms with E-state index in [0.717, 1.165) is 0 Å². The molecule has 15 heavy (non-hydrogen) atoms. The summed E-state index contributed by atoms with van der Waals surface area (Å²) < 4.78 is 26.3. The summed E-state index contributed by atoms with van der Waals surface area (Å²) in [4.78, 5) is 0. The molecule has 0 aliphatic carbocycles. The van der Waals surface area contributed by atoms with Gasteiger partial charge in [0.1, 0.15) is 0 Å². The minimum atomic E-state index is -0.733. The Morgan fingerprint density at radius 1 is 0.667 bits per heavy atom. The van der Waals surface area contributed by atoms with Crippen molar-refractivity contribution in [3.8, 4) is 0 Å². The van der Waals surface area contributed by atoms with Crippen LogP contribution in [0.1, 0.15) is 0 Å². The Bertz CT molecular complexity index is 194. The third-order valence-electron chi connectivity index (χ3n) is 1.87. The molecule has 2 heterocycles. The largest absolute Gasteiger partial charge is 0.326 e. The van der Waals surface area contributed by atoms with Gasteiger partial charge in [-0.3, -0.25) is 4.74 Å². The van der Waals surface area contributed by atoms with E-state index >= 15 is 0 Å². The first-order valence-corrected chi connectivity index (χ1v) is 4.87. The topological polar surface area (TPSA) is 46.2 Å². The van der Waals surface area contributed by atoms with Crippen LogP contribution in [0.25, 0.3) is 0 Å². The van der Waals surface area contributed by atoms with Crippen LogP contribution in [0.4, 0.5) is 0 Å². The second-order valence-corrected chi connectivity index (χ2v) is 2.99. The summed E-state index contributed by atoms with van der Waals surface area (Å²) in [5, 5.41) is 0.